The van der Waals surface area contributed by atoms with E-state index in [-0.39, 0.29) is 16.5 Å². The fourth-order valence-corrected chi connectivity index (χ4v) is 2.76. The molecule has 1 amide bonds. The predicted molar refractivity (Wildman–Crippen MR) is 86.0 cm³/mol. The summed E-state index contributed by atoms with van der Waals surface area (Å²) in [6, 6.07) is 4.92. The Hall–Kier alpha value is -2.11. The Labute approximate surface area is 130 Å². The third-order valence-corrected chi connectivity index (χ3v) is 4.02. The molecule has 6 heteroatoms. The third kappa shape index (κ3) is 4.44. The van der Waals surface area contributed by atoms with Crippen LogP contribution in [0.3, 0.4) is 0 Å². The number of nitro groups is 1. The lowest BCUT2D eigenvalue weighted by Gasteiger charge is -2.20. The number of amides is 1. The highest BCUT2D eigenvalue weighted by molar-refractivity contribution is 5.76. The molecule has 0 spiro atoms. The van der Waals surface area contributed by atoms with Crippen molar-refractivity contribution in [2.45, 2.75) is 39.0 Å². The Balaban J connectivity index is 1.81. The molecule has 1 aliphatic rings. The summed E-state index contributed by atoms with van der Waals surface area (Å²) in [5.74, 6) is 0.188. The van der Waals surface area contributed by atoms with Gasteiger partial charge in [-0.3, -0.25) is 14.9 Å². The Kier molecular flexibility index (Phi) is 5.75. The van der Waals surface area contributed by atoms with Gasteiger partial charge in [-0.05, 0) is 31.9 Å². The van der Waals surface area contributed by atoms with Crippen LogP contribution in [-0.4, -0.2) is 35.4 Å². The largest absolute Gasteiger partial charge is 0.385 e. The molecule has 22 heavy (non-hydrogen) atoms. The molecular formula is C16H23N3O3. The van der Waals surface area contributed by atoms with Gasteiger partial charge in [-0.1, -0.05) is 12.8 Å². The summed E-state index contributed by atoms with van der Waals surface area (Å²) < 4.78 is 0. The number of aryl methyl sites for hydroxylation is 1. The number of anilines is 1. The van der Waals surface area contributed by atoms with E-state index in [9.17, 15) is 14.9 Å². The minimum Gasteiger partial charge on any atom is -0.385 e. The van der Waals surface area contributed by atoms with Crippen molar-refractivity contribution in [3.63, 3.8) is 0 Å². The predicted octanol–water partition coefficient (Wildman–Crippen LogP) is 3.11. The number of hydrogen-bond donors (Lipinski definition) is 1. The van der Waals surface area contributed by atoms with E-state index in [1.807, 2.05) is 4.90 Å². The molecule has 0 saturated carbocycles. The summed E-state index contributed by atoms with van der Waals surface area (Å²) in [6.45, 7) is 4.00. The summed E-state index contributed by atoms with van der Waals surface area (Å²) in [5, 5.41) is 13.9. The molecule has 0 radical (unpaired) electrons. The van der Waals surface area contributed by atoms with Crippen molar-refractivity contribution in [1.82, 2.24) is 4.90 Å². The molecule has 120 valence electrons. The van der Waals surface area contributed by atoms with Gasteiger partial charge in [0.15, 0.2) is 0 Å². The van der Waals surface area contributed by atoms with Crippen LogP contribution in [0.15, 0.2) is 18.2 Å². The normalized spacial score (nSPS) is 15.2. The first-order chi connectivity index (χ1) is 10.6. The first-order valence-corrected chi connectivity index (χ1v) is 7.84. The van der Waals surface area contributed by atoms with Crippen molar-refractivity contribution in [1.29, 1.82) is 0 Å². The van der Waals surface area contributed by atoms with Crippen molar-refractivity contribution < 1.29 is 9.72 Å². The van der Waals surface area contributed by atoms with Gasteiger partial charge < -0.3 is 10.2 Å². The average Bonchev–Trinajstić information content (AvgIpc) is 2.76. The van der Waals surface area contributed by atoms with Gasteiger partial charge in [-0.15, -0.1) is 0 Å². The standard InChI is InChI=1S/C16H23N3O3/c1-13-12-14(6-7-15(13)19(21)22)17-9-8-16(20)18-10-4-2-3-5-11-18/h6-7,12,17H,2-5,8-11H2,1H3. The molecule has 0 atom stereocenters. The number of benzene rings is 1. The molecule has 2 rings (SSSR count). The van der Waals surface area contributed by atoms with Crippen molar-refractivity contribution in [2.24, 2.45) is 0 Å². The van der Waals surface area contributed by atoms with E-state index < -0.39 is 0 Å². The summed E-state index contributed by atoms with van der Waals surface area (Å²) in [5.41, 5.74) is 1.55. The van der Waals surface area contributed by atoms with Crippen molar-refractivity contribution in [2.75, 3.05) is 25.0 Å². The number of hydrogen-bond acceptors (Lipinski definition) is 4. The average molecular weight is 305 g/mol. The van der Waals surface area contributed by atoms with Crippen LogP contribution in [0.25, 0.3) is 0 Å². The number of rotatable bonds is 5. The highest BCUT2D eigenvalue weighted by Gasteiger charge is 2.15. The van der Waals surface area contributed by atoms with Crippen LogP contribution in [0.4, 0.5) is 11.4 Å². The Morgan fingerprint density at radius 2 is 1.95 bits per heavy atom. The topological polar surface area (TPSA) is 75.5 Å². The molecule has 1 aromatic carbocycles. The van der Waals surface area contributed by atoms with Crippen LogP contribution in [0.1, 0.15) is 37.7 Å². The van der Waals surface area contributed by atoms with E-state index in [4.69, 9.17) is 0 Å². The van der Waals surface area contributed by atoms with E-state index in [0.717, 1.165) is 31.6 Å². The molecule has 0 bridgehead atoms. The van der Waals surface area contributed by atoms with Crippen LogP contribution in [0.5, 0.6) is 0 Å². The maximum Gasteiger partial charge on any atom is 0.272 e. The number of nitrogens with one attached hydrogen (secondary N) is 1. The van der Waals surface area contributed by atoms with Gasteiger partial charge in [-0.2, -0.15) is 0 Å². The molecule has 0 aromatic heterocycles. The van der Waals surface area contributed by atoms with Gasteiger partial charge in [-0.25, -0.2) is 0 Å². The molecule has 1 heterocycles. The monoisotopic (exact) mass is 305 g/mol. The van der Waals surface area contributed by atoms with Gasteiger partial charge in [0.05, 0.1) is 4.92 Å². The van der Waals surface area contributed by atoms with Crippen LogP contribution in [0.2, 0.25) is 0 Å². The number of carbonyl (C=O) groups excluding carboxylic acids is 1. The summed E-state index contributed by atoms with van der Waals surface area (Å²) in [6.07, 6.45) is 5.08. The molecule has 1 fully saturated rings. The molecule has 0 unspecified atom stereocenters. The maximum absolute atomic E-state index is 12.1. The first kappa shape index (κ1) is 16.3. The van der Waals surface area contributed by atoms with Gasteiger partial charge in [0.25, 0.3) is 5.69 Å². The van der Waals surface area contributed by atoms with E-state index in [1.54, 1.807) is 19.1 Å². The van der Waals surface area contributed by atoms with Crippen LogP contribution >= 0.6 is 0 Å². The second kappa shape index (κ2) is 7.77. The Morgan fingerprint density at radius 1 is 1.27 bits per heavy atom. The number of nitrogens with zero attached hydrogens (tertiary/aromatic N) is 2. The smallest absolute Gasteiger partial charge is 0.272 e. The van der Waals surface area contributed by atoms with Crippen LogP contribution in [0, 0.1) is 17.0 Å². The molecule has 6 nitrogen and oxygen atoms in total. The second-order valence-electron chi connectivity index (χ2n) is 5.73. The van der Waals surface area contributed by atoms with Crippen molar-refractivity contribution in [3.8, 4) is 0 Å². The van der Waals surface area contributed by atoms with Crippen molar-refractivity contribution >= 4 is 17.3 Å². The number of carbonyl (C=O) groups is 1. The minimum absolute atomic E-state index is 0.117. The zero-order chi connectivity index (χ0) is 15.9. The zero-order valence-electron chi connectivity index (χ0n) is 13.0. The Morgan fingerprint density at radius 3 is 2.55 bits per heavy atom. The molecule has 0 aliphatic carbocycles. The van der Waals surface area contributed by atoms with Gasteiger partial charge in [0.1, 0.15) is 0 Å². The van der Waals surface area contributed by atoms with E-state index >= 15 is 0 Å². The second-order valence-corrected chi connectivity index (χ2v) is 5.73. The molecule has 1 N–H and O–H groups in total. The van der Waals surface area contributed by atoms with E-state index in [1.165, 1.54) is 18.9 Å². The van der Waals surface area contributed by atoms with Gasteiger partial charge in [0.2, 0.25) is 5.91 Å². The van der Waals surface area contributed by atoms with Crippen molar-refractivity contribution in [3.05, 3.63) is 33.9 Å². The molecule has 1 saturated heterocycles. The first-order valence-electron chi connectivity index (χ1n) is 7.84. The molecular weight excluding hydrogens is 282 g/mol. The quantitative estimate of drug-likeness (QED) is 0.670. The summed E-state index contributed by atoms with van der Waals surface area (Å²) in [7, 11) is 0. The zero-order valence-corrected chi connectivity index (χ0v) is 13.0. The lowest BCUT2D eigenvalue weighted by Crippen LogP contribution is -2.32. The lowest BCUT2D eigenvalue weighted by molar-refractivity contribution is -0.385. The van der Waals surface area contributed by atoms with E-state index in [0.29, 0.717) is 18.5 Å². The maximum atomic E-state index is 12.1. The minimum atomic E-state index is -0.387. The highest BCUT2D eigenvalue weighted by atomic mass is 16.6. The number of nitro benzene ring substituents is 1. The SMILES string of the molecule is Cc1cc(NCCC(=O)N2CCCCCC2)ccc1[N+](=O)[O-]. The third-order valence-electron chi connectivity index (χ3n) is 4.02. The van der Waals surface area contributed by atoms with Crippen LogP contribution < -0.4 is 5.32 Å². The fourth-order valence-electron chi connectivity index (χ4n) is 2.76. The summed E-state index contributed by atoms with van der Waals surface area (Å²) >= 11 is 0. The molecule has 1 aliphatic heterocycles. The number of likely N-dealkylation sites (tertiary alicyclic amines) is 1. The van der Waals surface area contributed by atoms with Crippen LogP contribution in [-0.2, 0) is 4.79 Å². The van der Waals surface area contributed by atoms with Gasteiger partial charge >= 0.3 is 0 Å². The highest BCUT2D eigenvalue weighted by Crippen LogP contribution is 2.21. The lowest BCUT2D eigenvalue weighted by atomic mass is 10.2. The van der Waals surface area contributed by atoms with E-state index in [2.05, 4.69) is 5.32 Å². The Bertz CT molecular complexity index is 537. The fraction of sp³-hybridized carbons (Fsp3) is 0.562. The molecule has 1 aromatic rings. The summed E-state index contributed by atoms with van der Waals surface area (Å²) in [4.78, 5) is 24.5. The van der Waals surface area contributed by atoms with Gasteiger partial charge in [0, 0.05) is 43.4 Å².